The van der Waals surface area contributed by atoms with Gasteiger partial charge in [0.15, 0.2) is 0 Å². The maximum absolute atomic E-state index is 13.5. The number of carbonyl (C=O) groups is 2. The summed E-state index contributed by atoms with van der Waals surface area (Å²) in [6.45, 7) is 4.36. The number of allylic oxidation sites excluding steroid dienone is 2. The van der Waals surface area contributed by atoms with E-state index in [9.17, 15) is 19.7 Å². The van der Waals surface area contributed by atoms with E-state index >= 15 is 0 Å². The van der Waals surface area contributed by atoms with Crippen molar-refractivity contribution < 1.29 is 24.4 Å². The molecular formula is C27H29BClNO5S. The molecule has 6 nitrogen and oxygen atoms in total. The number of aromatic hydroxyl groups is 1. The van der Waals surface area contributed by atoms with Crippen LogP contribution in [0.3, 0.4) is 0 Å². The van der Waals surface area contributed by atoms with Crippen molar-refractivity contribution in [1.82, 2.24) is 4.90 Å². The predicted molar refractivity (Wildman–Crippen MR) is 141 cm³/mol. The van der Waals surface area contributed by atoms with Gasteiger partial charge in [0.2, 0.25) is 11.8 Å². The van der Waals surface area contributed by atoms with E-state index < -0.39 is 13.0 Å². The number of phenolic OH excluding ortho intramolecular Hbond substituents is 1. The number of thiophene rings is 1. The smallest absolute Gasteiger partial charge is 0.455 e. The quantitative estimate of drug-likeness (QED) is 0.303. The summed E-state index contributed by atoms with van der Waals surface area (Å²) >= 11 is 7.79. The van der Waals surface area contributed by atoms with Gasteiger partial charge in [0.25, 0.3) is 0 Å². The lowest BCUT2D eigenvalue weighted by atomic mass is 9.59. The van der Waals surface area contributed by atoms with E-state index in [0.717, 1.165) is 27.2 Å². The van der Waals surface area contributed by atoms with E-state index in [0.29, 0.717) is 37.2 Å². The number of amides is 2. The summed E-state index contributed by atoms with van der Waals surface area (Å²) in [5, 5.41) is 22.6. The van der Waals surface area contributed by atoms with Crippen molar-refractivity contribution in [2.24, 2.45) is 17.8 Å². The number of rotatable bonds is 6. The first-order valence-electron chi connectivity index (χ1n) is 12.3. The molecule has 0 radical (unpaired) electrons. The Balaban J connectivity index is 1.35. The molecule has 5 rings (SSSR count). The van der Waals surface area contributed by atoms with Gasteiger partial charge in [-0.25, -0.2) is 0 Å². The van der Waals surface area contributed by atoms with Crippen molar-refractivity contribution in [3.05, 3.63) is 67.9 Å². The average Bonchev–Trinajstić information content (AvgIpc) is 3.42. The Morgan fingerprint density at radius 3 is 2.81 bits per heavy atom. The molecule has 36 heavy (non-hydrogen) atoms. The minimum Gasteiger partial charge on any atom is -0.508 e. The molecule has 0 bridgehead atoms. The lowest BCUT2D eigenvalue weighted by Crippen LogP contribution is -2.46. The largest absolute Gasteiger partial charge is 0.508 e. The number of imide groups is 1. The lowest BCUT2D eigenvalue weighted by molar-refractivity contribution is -0.140. The van der Waals surface area contributed by atoms with E-state index in [4.69, 9.17) is 16.3 Å². The molecule has 2 aliphatic heterocycles. The van der Waals surface area contributed by atoms with Crippen molar-refractivity contribution in [2.75, 3.05) is 0 Å². The third-order valence-corrected chi connectivity index (χ3v) is 8.81. The zero-order valence-electron chi connectivity index (χ0n) is 20.3. The highest BCUT2D eigenvalue weighted by Crippen LogP contribution is 2.50. The van der Waals surface area contributed by atoms with Crippen LogP contribution in [0, 0.1) is 17.8 Å². The fourth-order valence-corrected chi connectivity index (χ4v) is 6.95. The second-order valence-corrected chi connectivity index (χ2v) is 11.5. The van der Waals surface area contributed by atoms with Crippen LogP contribution in [-0.2, 0) is 20.8 Å². The molecule has 1 aromatic heterocycles. The molecule has 2 amide bonds. The Hall–Kier alpha value is -2.39. The van der Waals surface area contributed by atoms with Crippen molar-refractivity contribution in [1.29, 1.82) is 0 Å². The number of hydrogen-bond donors (Lipinski definition) is 2. The van der Waals surface area contributed by atoms with Crippen molar-refractivity contribution in [3.8, 4) is 5.75 Å². The van der Waals surface area contributed by atoms with Crippen molar-refractivity contribution in [2.45, 2.75) is 52.1 Å². The number of nitrogens with zero attached hydrogens (tertiary/aromatic N) is 1. The van der Waals surface area contributed by atoms with Crippen LogP contribution in [0.15, 0.2) is 52.4 Å². The SMILES string of the molecule is CC1=C2[C@@H](CC/C(C)=C/c3ccc(O)cc3Cl)OB(O)C[C@@H]2[C@@H]2C(=O)N(Cc3cccs3)C(=O)[C@@H]2C1. The summed E-state index contributed by atoms with van der Waals surface area (Å²) < 4.78 is 5.99. The molecule has 4 atom stereocenters. The van der Waals surface area contributed by atoms with Gasteiger partial charge in [0.05, 0.1) is 29.5 Å². The lowest BCUT2D eigenvalue weighted by Gasteiger charge is -2.42. The van der Waals surface area contributed by atoms with Crippen LogP contribution in [0.4, 0.5) is 0 Å². The molecule has 2 N–H and O–H groups in total. The van der Waals surface area contributed by atoms with E-state index in [-0.39, 0.29) is 35.5 Å². The monoisotopic (exact) mass is 525 g/mol. The van der Waals surface area contributed by atoms with Gasteiger partial charge in [0, 0.05) is 4.88 Å². The molecule has 3 aliphatic rings. The van der Waals surface area contributed by atoms with Crippen LogP contribution in [0.25, 0.3) is 6.08 Å². The first-order valence-corrected chi connectivity index (χ1v) is 13.5. The van der Waals surface area contributed by atoms with Crippen LogP contribution in [0.5, 0.6) is 5.75 Å². The summed E-state index contributed by atoms with van der Waals surface area (Å²) in [6.07, 6.45) is 3.91. The number of phenols is 1. The highest BCUT2D eigenvalue weighted by molar-refractivity contribution is 7.09. The number of carbonyl (C=O) groups excluding carboxylic acids is 2. The zero-order valence-corrected chi connectivity index (χ0v) is 21.9. The van der Waals surface area contributed by atoms with Crippen LogP contribution < -0.4 is 0 Å². The average molecular weight is 526 g/mol. The Labute approximate surface area is 220 Å². The Bertz CT molecular complexity index is 1240. The maximum Gasteiger partial charge on any atom is 0.455 e. The molecule has 2 aromatic rings. The molecule has 1 aromatic carbocycles. The number of likely N-dealkylation sites (tertiary alicyclic amines) is 1. The summed E-state index contributed by atoms with van der Waals surface area (Å²) in [5.74, 6) is -1.10. The topological polar surface area (TPSA) is 87.1 Å². The number of halogens is 1. The first-order chi connectivity index (χ1) is 17.2. The number of benzene rings is 1. The van der Waals surface area contributed by atoms with Gasteiger partial charge in [-0.05, 0) is 86.1 Å². The second kappa shape index (κ2) is 10.2. The second-order valence-electron chi connectivity index (χ2n) is 10.1. The molecule has 2 fully saturated rings. The Morgan fingerprint density at radius 1 is 1.28 bits per heavy atom. The summed E-state index contributed by atoms with van der Waals surface area (Å²) in [5.41, 5.74) is 4.09. The number of hydrogen-bond acceptors (Lipinski definition) is 6. The van der Waals surface area contributed by atoms with Gasteiger partial charge < -0.3 is 14.8 Å². The fraction of sp³-hybridized carbons (Fsp3) is 0.407. The molecule has 9 heteroatoms. The van der Waals surface area contributed by atoms with Gasteiger partial charge in [-0.1, -0.05) is 34.9 Å². The standard InChI is InChI=1S/C27H29BClNO5S/c1-15(10-17-6-7-18(31)12-22(17)29)5-8-23-24-16(2)11-20-25(21(24)13-28(34)35-23)27(33)30(26(20)32)14-19-4-3-9-36-19/h3-4,6-7,9-10,12,20-21,23,25,31,34H,5,8,11,13-14H2,1-2H3/b15-10+/t20-,21+,23-,25-/m1/s1. The van der Waals surface area contributed by atoms with Gasteiger partial charge in [0.1, 0.15) is 5.75 Å². The predicted octanol–water partition coefficient (Wildman–Crippen LogP) is 5.31. The minimum absolute atomic E-state index is 0.0983. The third kappa shape index (κ3) is 4.79. The molecule has 2 saturated heterocycles. The molecule has 3 heterocycles. The third-order valence-electron chi connectivity index (χ3n) is 7.62. The van der Waals surface area contributed by atoms with Crippen molar-refractivity contribution >= 4 is 47.9 Å². The highest BCUT2D eigenvalue weighted by Gasteiger charge is 2.56. The molecule has 0 unspecified atom stereocenters. The minimum atomic E-state index is -0.972. The van der Waals surface area contributed by atoms with Gasteiger partial charge >= 0.3 is 7.12 Å². The first kappa shape index (κ1) is 25.3. The number of fused-ring (bicyclic) bond motifs is 3. The van der Waals surface area contributed by atoms with Gasteiger partial charge in [-0.3, -0.25) is 14.5 Å². The Kier molecular flexibility index (Phi) is 7.14. The van der Waals surface area contributed by atoms with Crippen LogP contribution in [0.2, 0.25) is 11.3 Å². The van der Waals surface area contributed by atoms with E-state index in [1.807, 2.05) is 37.4 Å². The molecule has 1 aliphatic carbocycles. The maximum atomic E-state index is 13.5. The molecular weight excluding hydrogens is 497 g/mol. The summed E-state index contributed by atoms with van der Waals surface area (Å²) in [4.78, 5) is 29.2. The van der Waals surface area contributed by atoms with Crippen LogP contribution in [0.1, 0.15) is 43.6 Å². The van der Waals surface area contributed by atoms with E-state index in [1.54, 1.807) is 23.5 Å². The molecule has 0 spiro atoms. The van der Waals surface area contributed by atoms with E-state index in [2.05, 4.69) is 0 Å². The van der Waals surface area contributed by atoms with Crippen molar-refractivity contribution in [3.63, 3.8) is 0 Å². The fourth-order valence-electron chi connectivity index (χ4n) is 6.03. The van der Waals surface area contributed by atoms with Gasteiger partial charge in [-0.2, -0.15) is 0 Å². The summed E-state index contributed by atoms with van der Waals surface area (Å²) in [7, 11) is -0.972. The van der Waals surface area contributed by atoms with E-state index in [1.165, 1.54) is 11.0 Å². The zero-order chi connectivity index (χ0) is 25.6. The van der Waals surface area contributed by atoms with Gasteiger partial charge in [-0.15, -0.1) is 11.3 Å². The summed E-state index contributed by atoms with van der Waals surface area (Å²) in [6, 6.07) is 8.76. The normalized spacial score (nSPS) is 26.5. The van der Waals surface area contributed by atoms with Crippen LogP contribution in [-0.4, -0.2) is 40.1 Å². The Morgan fingerprint density at radius 2 is 2.08 bits per heavy atom. The van der Waals surface area contributed by atoms with Crippen LogP contribution >= 0.6 is 22.9 Å². The highest BCUT2D eigenvalue weighted by atomic mass is 35.5. The molecule has 0 saturated carbocycles. The molecule has 188 valence electrons.